The smallest absolute Gasteiger partial charge is 0.328 e. The molecule has 0 aliphatic carbocycles. The molecule has 0 spiro atoms. The number of ketones is 1. The zero-order chi connectivity index (χ0) is 9.84. The zero-order valence-electron chi connectivity index (χ0n) is 6.36. The van der Waals surface area contributed by atoms with E-state index in [2.05, 4.69) is 15.9 Å². The predicted octanol–water partition coefficient (Wildman–Crippen LogP) is 2.33. The number of hydrogen-bond donors (Lipinski definition) is 1. The van der Waals surface area contributed by atoms with Crippen molar-refractivity contribution in [1.29, 1.82) is 0 Å². The topological polar surface area (TPSA) is 54.4 Å². The molecule has 1 aromatic rings. The number of aliphatic carboxylic acids is 1. The van der Waals surface area contributed by atoms with E-state index in [1.165, 1.54) is 11.3 Å². The van der Waals surface area contributed by atoms with Gasteiger partial charge in [-0.25, -0.2) is 4.79 Å². The third-order valence-corrected chi connectivity index (χ3v) is 2.83. The Morgan fingerprint density at radius 3 is 2.54 bits per heavy atom. The monoisotopic (exact) mass is 260 g/mol. The van der Waals surface area contributed by atoms with E-state index in [1.54, 1.807) is 12.1 Å². The highest BCUT2D eigenvalue weighted by atomic mass is 79.9. The maximum absolute atomic E-state index is 11.2. The molecule has 0 amide bonds. The van der Waals surface area contributed by atoms with Crippen LogP contribution >= 0.6 is 27.3 Å². The van der Waals surface area contributed by atoms with Crippen LogP contribution in [0.15, 0.2) is 28.1 Å². The van der Waals surface area contributed by atoms with Crippen molar-refractivity contribution in [3.8, 4) is 0 Å². The van der Waals surface area contributed by atoms with Gasteiger partial charge in [-0.1, -0.05) is 0 Å². The van der Waals surface area contributed by atoms with Crippen molar-refractivity contribution in [3.05, 3.63) is 32.9 Å². The fraction of sp³-hybridized carbons (Fsp3) is 0. The molecule has 0 unspecified atom stereocenters. The summed E-state index contributed by atoms with van der Waals surface area (Å²) in [6.07, 6.45) is 1.87. The number of halogens is 1. The van der Waals surface area contributed by atoms with Crippen LogP contribution in [0.4, 0.5) is 0 Å². The molecule has 0 saturated heterocycles. The van der Waals surface area contributed by atoms with Gasteiger partial charge < -0.3 is 5.11 Å². The highest BCUT2D eigenvalue weighted by Gasteiger charge is 2.04. The minimum Gasteiger partial charge on any atom is -0.478 e. The molecule has 3 nitrogen and oxygen atoms in total. The number of hydrogen-bond acceptors (Lipinski definition) is 3. The van der Waals surface area contributed by atoms with Gasteiger partial charge in [0.15, 0.2) is 5.78 Å². The quantitative estimate of drug-likeness (QED) is 0.671. The first-order chi connectivity index (χ1) is 6.09. The number of carbonyl (C=O) groups is 2. The van der Waals surface area contributed by atoms with Crippen molar-refractivity contribution >= 4 is 39.0 Å². The Labute approximate surface area is 86.8 Å². The number of allylic oxidation sites excluding steroid dienone is 1. The summed E-state index contributed by atoms with van der Waals surface area (Å²) in [6.45, 7) is 0. The van der Waals surface area contributed by atoms with E-state index in [1.807, 2.05) is 0 Å². The molecule has 1 N–H and O–H groups in total. The molecule has 0 atom stereocenters. The first-order valence-corrected chi connectivity index (χ1v) is 4.91. The lowest BCUT2D eigenvalue weighted by molar-refractivity contribution is -0.131. The molecule has 5 heteroatoms. The van der Waals surface area contributed by atoms with Gasteiger partial charge in [-0.3, -0.25) is 4.79 Å². The number of carboxylic acids is 1. The van der Waals surface area contributed by atoms with Gasteiger partial charge in [0.1, 0.15) is 0 Å². The SMILES string of the molecule is O=C(O)C=CC(=O)c1ccc(Br)s1. The lowest BCUT2D eigenvalue weighted by Crippen LogP contribution is -1.93. The standard InChI is InChI=1S/C8H5BrO3S/c9-7-3-2-6(13-7)5(10)1-4-8(11)12/h1-4H,(H,11,12). The van der Waals surface area contributed by atoms with Crippen molar-refractivity contribution in [2.24, 2.45) is 0 Å². The second kappa shape index (κ2) is 4.34. The summed E-state index contributed by atoms with van der Waals surface area (Å²) in [6, 6.07) is 3.38. The van der Waals surface area contributed by atoms with Gasteiger partial charge in [-0.2, -0.15) is 0 Å². The Kier molecular flexibility index (Phi) is 3.39. The number of carboxylic acid groups (broad SMARTS) is 1. The van der Waals surface area contributed by atoms with E-state index in [4.69, 9.17) is 5.11 Å². The van der Waals surface area contributed by atoms with Crippen LogP contribution in [0.25, 0.3) is 0 Å². The van der Waals surface area contributed by atoms with Crippen LogP contribution < -0.4 is 0 Å². The third kappa shape index (κ3) is 3.12. The molecule has 68 valence electrons. The first kappa shape index (κ1) is 10.1. The average Bonchev–Trinajstić information content (AvgIpc) is 2.47. The molecule has 13 heavy (non-hydrogen) atoms. The summed E-state index contributed by atoms with van der Waals surface area (Å²) >= 11 is 4.48. The van der Waals surface area contributed by atoms with Gasteiger partial charge in [-0.15, -0.1) is 11.3 Å². The number of rotatable bonds is 3. The van der Waals surface area contributed by atoms with Gasteiger partial charge in [0.25, 0.3) is 0 Å². The summed E-state index contributed by atoms with van der Waals surface area (Å²) in [5, 5.41) is 8.27. The Hall–Kier alpha value is -0.940. The largest absolute Gasteiger partial charge is 0.478 e. The van der Waals surface area contributed by atoms with Crippen LogP contribution in [-0.2, 0) is 4.79 Å². The molecule has 1 rings (SSSR count). The predicted molar refractivity (Wildman–Crippen MR) is 53.1 cm³/mol. The van der Waals surface area contributed by atoms with E-state index >= 15 is 0 Å². The molecular formula is C8H5BrO3S. The molecule has 0 aromatic carbocycles. The zero-order valence-corrected chi connectivity index (χ0v) is 8.76. The van der Waals surface area contributed by atoms with E-state index in [0.717, 1.165) is 15.9 Å². The van der Waals surface area contributed by atoms with Crippen molar-refractivity contribution in [2.75, 3.05) is 0 Å². The summed E-state index contributed by atoms with van der Waals surface area (Å²) in [7, 11) is 0. The molecule has 0 aliphatic rings. The first-order valence-electron chi connectivity index (χ1n) is 3.30. The van der Waals surface area contributed by atoms with E-state index in [9.17, 15) is 9.59 Å². The summed E-state index contributed by atoms with van der Waals surface area (Å²) in [4.78, 5) is 21.8. The Morgan fingerprint density at radius 2 is 2.08 bits per heavy atom. The van der Waals surface area contributed by atoms with Crippen LogP contribution in [0, 0.1) is 0 Å². The normalized spacial score (nSPS) is 10.5. The van der Waals surface area contributed by atoms with Crippen LogP contribution in [0.5, 0.6) is 0 Å². The fourth-order valence-corrected chi connectivity index (χ4v) is 1.98. The molecule has 1 heterocycles. The van der Waals surface area contributed by atoms with Crippen molar-refractivity contribution in [1.82, 2.24) is 0 Å². The van der Waals surface area contributed by atoms with Crippen molar-refractivity contribution in [2.45, 2.75) is 0 Å². The molecule has 0 aliphatic heterocycles. The van der Waals surface area contributed by atoms with Crippen LogP contribution in [0.1, 0.15) is 9.67 Å². The summed E-state index contributed by atoms with van der Waals surface area (Å²) in [5.41, 5.74) is 0. The minimum absolute atomic E-state index is 0.293. The van der Waals surface area contributed by atoms with Gasteiger partial charge in [0.2, 0.25) is 0 Å². The molecule has 0 bridgehead atoms. The molecule has 0 saturated carbocycles. The fourth-order valence-electron chi connectivity index (χ4n) is 0.676. The maximum atomic E-state index is 11.2. The Bertz CT molecular complexity index is 367. The van der Waals surface area contributed by atoms with Crippen molar-refractivity contribution in [3.63, 3.8) is 0 Å². The lowest BCUT2D eigenvalue weighted by Gasteiger charge is -1.85. The van der Waals surface area contributed by atoms with E-state index < -0.39 is 5.97 Å². The van der Waals surface area contributed by atoms with Crippen LogP contribution in [-0.4, -0.2) is 16.9 Å². The van der Waals surface area contributed by atoms with Gasteiger partial charge >= 0.3 is 5.97 Å². The summed E-state index contributed by atoms with van der Waals surface area (Å²) in [5.74, 6) is -1.41. The van der Waals surface area contributed by atoms with Gasteiger partial charge in [0.05, 0.1) is 8.66 Å². The highest BCUT2D eigenvalue weighted by Crippen LogP contribution is 2.22. The van der Waals surface area contributed by atoms with E-state index in [-0.39, 0.29) is 5.78 Å². The Morgan fingerprint density at radius 1 is 1.38 bits per heavy atom. The molecule has 0 radical (unpaired) electrons. The molecule has 0 fully saturated rings. The van der Waals surface area contributed by atoms with Gasteiger partial charge in [0, 0.05) is 6.08 Å². The molecular weight excluding hydrogens is 256 g/mol. The van der Waals surface area contributed by atoms with Crippen LogP contribution in [0.2, 0.25) is 0 Å². The van der Waals surface area contributed by atoms with Crippen LogP contribution in [0.3, 0.4) is 0 Å². The van der Waals surface area contributed by atoms with E-state index in [0.29, 0.717) is 4.88 Å². The maximum Gasteiger partial charge on any atom is 0.328 e. The third-order valence-electron chi connectivity index (χ3n) is 1.19. The minimum atomic E-state index is -1.12. The lowest BCUT2D eigenvalue weighted by atomic mass is 10.3. The van der Waals surface area contributed by atoms with Crippen molar-refractivity contribution < 1.29 is 14.7 Å². The molecule has 1 aromatic heterocycles. The Balaban J connectivity index is 2.75. The second-order valence-corrected chi connectivity index (χ2v) is 4.60. The average molecular weight is 261 g/mol. The summed E-state index contributed by atoms with van der Waals surface area (Å²) < 4.78 is 0.847. The number of carbonyl (C=O) groups excluding carboxylic acids is 1. The van der Waals surface area contributed by atoms with Gasteiger partial charge in [-0.05, 0) is 34.1 Å². The highest BCUT2D eigenvalue weighted by molar-refractivity contribution is 9.11. The second-order valence-electron chi connectivity index (χ2n) is 2.14. The number of thiophene rings is 1.